The lowest BCUT2D eigenvalue weighted by Gasteiger charge is -2.32. The Morgan fingerprint density at radius 2 is 1.62 bits per heavy atom. The molecule has 0 fully saturated rings. The van der Waals surface area contributed by atoms with Crippen molar-refractivity contribution in [2.75, 3.05) is 13.6 Å². The number of likely N-dealkylation sites (N-methyl/N-ethyl adjacent to an activating group) is 1. The van der Waals surface area contributed by atoms with Crippen LogP contribution >= 0.6 is 0 Å². The van der Waals surface area contributed by atoms with Crippen molar-refractivity contribution < 1.29 is 0 Å². The molecule has 0 radical (unpaired) electrons. The van der Waals surface area contributed by atoms with Gasteiger partial charge in [-0.15, -0.1) is 0 Å². The molecule has 7 rings (SSSR count). The molecule has 0 saturated heterocycles. The molecule has 2 atom stereocenters. The number of aryl methyl sites for hydroxylation is 2. The van der Waals surface area contributed by atoms with Gasteiger partial charge in [0.05, 0.1) is 0 Å². The third-order valence-corrected chi connectivity index (χ3v) is 9.86. The Morgan fingerprint density at radius 1 is 0.833 bits per heavy atom. The molecule has 218 valence electrons. The largest absolute Gasteiger partial charge is 0.313 e. The van der Waals surface area contributed by atoms with Gasteiger partial charge >= 0.3 is 0 Å². The molecule has 0 saturated carbocycles. The van der Waals surface area contributed by atoms with Gasteiger partial charge in [-0.1, -0.05) is 85.7 Å². The van der Waals surface area contributed by atoms with Crippen molar-refractivity contribution in [3.63, 3.8) is 0 Å². The van der Waals surface area contributed by atoms with E-state index in [1.54, 1.807) is 22.3 Å². The summed E-state index contributed by atoms with van der Waals surface area (Å²) in [7, 11) is 2.14. The molecule has 2 N–H and O–H groups in total. The normalized spacial score (nSPS) is 24.2. The van der Waals surface area contributed by atoms with Crippen LogP contribution in [0.25, 0.3) is 0 Å². The molecular weight excluding hydrogens is 508 g/mol. The van der Waals surface area contributed by atoms with Gasteiger partial charge in [-0.25, -0.2) is 0 Å². The van der Waals surface area contributed by atoms with E-state index in [0.717, 1.165) is 57.9 Å². The molecule has 42 heavy (non-hydrogen) atoms. The summed E-state index contributed by atoms with van der Waals surface area (Å²) in [5, 5.41) is 7.68. The lowest BCUT2D eigenvalue weighted by molar-refractivity contribution is 0.498. The summed E-state index contributed by atoms with van der Waals surface area (Å²) in [5.41, 5.74) is 19.1. The highest BCUT2D eigenvalue weighted by atomic mass is 14.9. The highest BCUT2D eigenvalue weighted by Gasteiger charge is 2.27. The van der Waals surface area contributed by atoms with Gasteiger partial charge in [-0.3, -0.25) is 0 Å². The molecule has 6 bridgehead atoms. The maximum Gasteiger partial charge on any atom is 0.0366 e. The molecular formula is C40H48N2. The van der Waals surface area contributed by atoms with Crippen molar-refractivity contribution in [2.45, 2.75) is 91.1 Å². The summed E-state index contributed by atoms with van der Waals surface area (Å²) in [5.74, 6) is 0. The molecule has 1 aliphatic heterocycles. The zero-order valence-corrected chi connectivity index (χ0v) is 26.4. The second-order valence-corrected chi connectivity index (χ2v) is 13.0. The Labute approximate surface area is 254 Å². The first kappa shape index (κ1) is 28.9. The van der Waals surface area contributed by atoms with Crippen LogP contribution in [0, 0.1) is 13.8 Å². The number of hydrogen-bond donors (Lipinski definition) is 2. The Kier molecular flexibility index (Phi) is 8.65. The smallest absolute Gasteiger partial charge is 0.0366 e. The fourth-order valence-corrected chi connectivity index (χ4v) is 7.64. The van der Waals surface area contributed by atoms with Crippen LogP contribution in [0.2, 0.25) is 0 Å². The standard InChI is InChI=1S/C40H48N2/c1-6-8-32-19-26(2)20-37-28(4)21-33-17-18-42-39-24-30-15-13-29(14-16-30)22-34-23-31(12-11-27(34)3)25-38(41-5)35(32)9-7-10-36(37)40(33)39/h7,9,11-16,19,21,23,38-39,41-42H,6,8,10,17-18,20,22,24-25H2,1-5H3/b9-7+,26-19+,35-32+. The molecule has 2 unspecified atom stereocenters. The van der Waals surface area contributed by atoms with Gasteiger partial charge in [0, 0.05) is 12.1 Å². The van der Waals surface area contributed by atoms with Gasteiger partial charge in [0.25, 0.3) is 0 Å². The lowest BCUT2D eigenvalue weighted by Crippen LogP contribution is -2.33. The first-order chi connectivity index (χ1) is 20.4. The SMILES string of the molecule is CCCC1=C2/C=C/Cc3c(c(C)cc4c3C(Cc3ccc(cc3)Cc3cc(ccc3C)CC2NC)NCC4)C\C(C)=C\1. The zero-order valence-electron chi connectivity index (χ0n) is 26.4. The van der Waals surface area contributed by atoms with E-state index < -0.39 is 0 Å². The van der Waals surface area contributed by atoms with Crippen molar-refractivity contribution in [2.24, 2.45) is 0 Å². The second kappa shape index (κ2) is 12.6. The number of benzene rings is 3. The predicted molar refractivity (Wildman–Crippen MR) is 179 cm³/mol. The maximum atomic E-state index is 3.94. The minimum absolute atomic E-state index is 0.264. The molecule has 0 aromatic heterocycles. The monoisotopic (exact) mass is 556 g/mol. The molecule has 3 aliphatic carbocycles. The summed E-state index contributed by atoms with van der Waals surface area (Å²) >= 11 is 0. The van der Waals surface area contributed by atoms with Crippen LogP contribution < -0.4 is 10.6 Å². The molecule has 4 aliphatic rings. The van der Waals surface area contributed by atoms with E-state index in [1.807, 2.05) is 0 Å². The van der Waals surface area contributed by atoms with Crippen molar-refractivity contribution in [1.29, 1.82) is 0 Å². The number of allylic oxidation sites excluding steroid dienone is 4. The Morgan fingerprint density at radius 3 is 2.40 bits per heavy atom. The lowest BCUT2D eigenvalue weighted by atomic mass is 9.79. The van der Waals surface area contributed by atoms with Crippen LogP contribution in [0.15, 0.2) is 83.5 Å². The van der Waals surface area contributed by atoms with E-state index in [-0.39, 0.29) is 6.04 Å². The van der Waals surface area contributed by atoms with Crippen LogP contribution in [0.4, 0.5) is 0 Å². The van der Waals surface area contributed by atoms with Gasteiger partial charge in [0.1, 0.15) is 0 Å². The van der Waals surface area contributed by atoms with Crippen LogP contribution in [0.3, 0.4) is 0 Å². The quantitative estimate of drug-likeness (QED) is 0.340. The first-order valence-electron chi connectivity index (χ1n) is 16.2. The highest BCUT2D eigenvalue weighted by Crippen LogP contribution is 2.36. The molecule has 3 aromatic carbocycles. The average Bonchev–Trinajstić information content (AvgIpc) is 2.97. The van der Waals surface area contributed by atoms with E-state index in [0.29, 0.717) is 6.04 Å². The van der Waals surface area contributed by atoms with Crippen molar-refractivity contribution in [1.82, 2.24) is 10.6 Å². The fraction of sp³-hybridized carbons (Fsp3) is 0.400. The summed E-state index contributed by atoms with van der Waals surface area (Å²) in [4.78, 5) is 0. The average molecular weight is 557 g/mol. The Balaban J connectivity index is 1.56. The number of nitrogens with one attached hydrogen (secondary N) is 2. The topological polar surface area (TPSA) is 24.1 Å². The van der Waals surface area contributed by atoms with Crippen molar-refractivity contribution in [3.05, 3.63) is 139 Å². The van der Waals surface area contributed by atoms with Crippen molar-refractivity contribution >= 4 is 0 Å². The molecule has 0 spiro atoms. The maximum absolute atomic E-state index is 3.94. The van der Waals surface area contributed by atoms with Crippen LogP contribution in [-0.4, -0.2) is 19.6 Å². The number of fused-ring (bicyclic) bond motifs is 3. The number of rotatable bonds is 3. The van der Waals surface area contributed by atoms with E-state index in [2.05, 4.69) is 112 Å². The highest BCUT2D eigenvalue weighted by molar-refractivity contribution is 5.53. The second-order valence-electron chi connectivity index (χ2n) is 13.0. The van der Waals surface area contributed by atoms with Crippen LogP contribution in [0.5, 0.6) is 0 Å². The van der Waals surface area contributed by atoms with E-state index in [4.69, 9.17) is 0 Å². The van der Waals surface area contributed by atoms with E-state index >= 15 is 0 Å². The molecule has 1 heterocycles. The zero-order chi connectivity index (χ0) is 29.2. The fourth-order valence-electron chi connectivity index (χ4n) is 7.64. The van der Waals surface area contributed by atoms with Crippen molar-refractivity contribution in [3.8, 4) is 0 Å². The summed E-state index contributed by atoms with van der Waals surface area (Å²) in [6, 6.07) is 19.7. The van der Waals surface area contributed by atoms with Crippen LogP contribution in [-0.2, 0) is 38.5 Å². The van der Waals surface area contributed by atoms with E-state index in [9.17, 15) is 0 Å². The third kappa shape index (κ3) is 5.98. The summed E-state index contributed by atoms with van der Waals surface area (Å²) in [6.07, 6.45) is 15.8. The Bertz CT molecular complexity index is 1550. The van der Waals surface area contributed by atoms with Gasteiger partial charge in [0.2, 0.25) is 0 Å². The Hall–Kier alpha value is -3.20. The van der Waals surface area contributed by atoms with Gasteiger partial charge in [0.15, 0.2) is 0 Å². The minimum Gasteiger partial charge on any atom is -0.313 e. The molecule has 2 heteroatoms. The molecule has 3 aromatic rings. The third-order valence-electron chi connectivity index (χ3n) is 9.86. The predicted octanol–water partition coefficient (Wildman–Crippen LogP) is 8.17. The van der Waals surface area contributed by atoms with Gasteiger partial charge in [-0.05, 0) is 146 Å². The summed E-state index contributed by atoms with van der Waals surface area (Å²) < 4.78 is 0. The minimum atomic E-state index is 0.264. The van der Waals surface area contributed by atoms with Gasteiger partial charge < -0.3 is 10.6 Å². The van der Waals surface area contributed by atoms with Gasteiger partial charge in [-0.2, -0.15) is 0 Å². The molecule has 0 amide bonds. The van der Waals surface area contributed by atoms with Crippen LogP contribution in [0.1, 0.15) is 88.4 Å². The van der Waals surface area contributed by atoms with E-state index in [1.165, 1.54) is 50.1 Å². The summed E-state index contributed by atoms with van der Waals surface area (Å²) in [6.45, 7) is 10.3. The number of hydrogen-bond acceptors (Lipinski definition) is 2. The first-order valence-corrected chi connectivity index (χ1v) is 16.2. The molecule has 2 nitrogen and oxygen atoms in total.